The first-order chi connectivity index (χ1) is 9.10. The average molecular weight is 341 g/mol. The zero-order valence-corrected chi connectivity index (χ0v) is 13.7. The summed E-state index contributed by atoms with van der Waals surface area (Å²) in [4.78, 5) is 12.3. The molecule has 0 saturated heterocycles. The summed E-state index contributed by atoms with van der Waals surface area (Å²) in [6, 6.07) is 2.14. The summed E-state index contributed by atoms with van der Waals surface area (Å²) in [7, 11) is 2.05. The van der Waals surface area contributed by atoms with E-state index in [1.807, 2.05) is 20.0 Å². The maximum absolute atomic E-state index is 4.56. The van der Waals surface area contributed by atoms with Crippen molar-refractivity contribution in [2.45, 2.75) is 20.4 Å². The molecule has 2 rings (SSSR count). The molecule has 0 bridgehead atoms. The summed E-state index contributed by atoms with van der Waals surface area (Å²) in [5.74, 6) is 1.65. The summed E-state index contributed by atoms with van der Waals surface area (Å²) >= 11 is 5.23. The van der Waals surface area contributed by atoms with Gasteiger partial charge in [0.15, 0.2) is 0 Å². The molecular formula is C13H17BrN4S. The molecule has 0 aliphatic rings. The van der Waals surface area contributed by atoms with Crippen LogP contribution in [0.15, 0.2) is 22.1 Å². The highest BCUT2D eigenvalue weighted by molar-refractivity contribution is 9.10. The van der Waals surface area contributed by atoms with Crippen LogP contribution in [0.3, 0.4) is 0 Å². The third kappa shape index (κ3) is 3.67. The van der Waals surface area contributed by atoms with Crippen molar-refractivity contribution < 1.29 is 0 Å². The Bertz CT molecular complexity index is 555. The molecule has 0 unspecified atom stereocenters. The summed E-state index contributed by atoms with van der Waals surface area (Å²) in [5.41, 5.74) is 1.08. The monoisotopic (exact) mass is 340 g/mol. The van der Waals surface area contributed by atoms with E-state index in [9.17, 15) is 0 Å². The quantitative estimate of drug-likeness (QED) is 0.901. The maximum atomic E-state index is 4.56. The van der Waals surface area contributed by atoms with E-state index in [2.05, 4.69) is 54.6 Å². The van der Waals surface area contributed by atoms with Gasteiger partial charge in [0.25, 0.3) is 0 Å². The second-order valence-corrected chi connectivity index (χ2v) is 6.23. The van der Waals surface area contributed by atoms with E-state index in [1.165, 1.54) is 4.88 Å². The zero-order chi connectivity index (χ0) is 13.8. The second-order valence-electron chi connectivity index (χ2n) is 4.32. The van der Waals surface area contributed by atoms with E-state index in [-0.39, 0.29) is 0 Å². The Hall–Kier alpha value is -1.14. The molecule has 6 heteroatoms. The standard InChI is InChI=1S/C13H17BrN4S/c1-4-15-13-16-6-9(2)12(17-13)18(3)7-11-5-10(14)8-19-11/h5-6,8H,4,7H2,1-3H3,(H,15,16,17). The van der Waals surface area contributed by atoms with Gasteiger partial charge in [-0.3, -0.25) is 0 Å². The van der Waals surface area contributed by atoms with Crippen LogP contribution in [-0.2, 0) is 6.54 Å². The van der Waals surface area contributed by atoms with E-state index in [4.69, 9.17) is 0 Å². The SMILES string of the molecule is CCNc1ncc(C)c(N(C)Cc2cc(Br)cs2)n1. The molecule has 19 heavy (non-hydrogen) atoms. The van der Waals surface area contributed by atoms with Crippen LogP contribution < -0.4 is 10.2 Å². The Balaban J connectivity index is 2.17. The molecule has 2 aromatic heterocycles. The lowest BCUT2D eigenvalue weighted by molar-refractivity contribution is 0.893. The Kier molecular flexibility index (Phi) is 4.76. The highest BCUT2D eigenvalue weighted by Crippen LogP contribution is 2.24. The van der Waals surface area contributed by atoms with E-state index in [0.29, 0.717) is 5.95 Å². The number of rotatable bonds is 5. The van der Waals surface area contributed by atoms with Gasteiger partial charge in [-0.05, 0) is 35.8 Å². The third-order valence-electron chi connectivity index (χ3n) is 2.66. The molecule has 0 aliphatic carbocycles. The van der Waals surface area contributed by atoms with E-state index in [1.54, 1.807) is 11.3 Å². The highest BCUT2D eigenvalue weighted by atomic mass is 79.9. The number of hydrogen-bond acceptors (Lipinski definition) is 5. The summed E-state index contributed by atoms with van der Waals surface area (Å²) in [6.07, 6.45) is 1.86. The molecule has 4 nitrogen and oxygen atoms in total. The fraction of sp³-hybridized carbons (Fsp3) is 0.385. The molecule has 0 amide bonds. The lowest BCUT2D eigenvalue weighted by Crippen LogP contribution is -2.19. The fourth-order valence-corrected chi connectivity index (χ4v) is 3.31. The van der Waals surface area contributed by atoms with Gasteiger partial charge in [-0.1, -0.05) is 0 Å². The van der Waals surface area contributed by atoms with Crippen LogP contribution in [0.1, 0.15) is 17.4 Å². The first-order valence-electron chi connectivity index (χ1n) is 6.11. The van der Waals surface area contributed by atoms with Crippen LogP contribution >= 0.6 is 27.3 Å². The molecule has 0 fully saturated rings. The Morgan fingerprint density at radius 1 is 1.47 bits per heavy atom. The fourth-order valence-electron chi connectivity index (χ4n) is 1.81. The molecule has 0 saturated carbocycles. The van der Waals surface area contributed by atoms with Gasteiger partial charge in [0.1, 0.15) is 5.82 Å². The number of anilines is 2. The van der Waals surface area contributed by atoms with Crippen molar-refractivity contribution in [3.05, 3.63) is 32.6 Å². The van der Waals surface area contributed by atoms with Crippen molar-refractivity contribution in [1.29, 1.82) is 0 Å². The molecule has 102 valence electrons. The van der Waals surface area contributed by atoms with Gasteiger partial charge in [-0.2, -0.15) is 4.98 Å². The van der Waals surface area contributed by atoms with Gasteiger partial charge in [-0.25, -0.2) is 4.98 Å². The van der Waals surface area contributed by atoms with Crippen molar-refractivity contribution in [1.82, 2.24) is 9.97 Å². The average Bonchev–Trinajstić information content (AvgIpc) is 2.77. The van der Waals surface area contributed by atoms with Crippen LogP contribution in [0, 0.1) is 6.92 Å². The molecule has 0 atom stereocenters. The maximum Gasteiger partial charge on any atom is 0.224 e. The van der Waals surface area contributed by atoms with Gasteiger partial charge in [0, 0.05) is 40.1 Å². The van der Waals surface area contributed by atoms with Crippen LogP contribution in [0.5, 0.6) is 0 Å². The summed E-state index contributed by atoms with van der Waals surface area (Å²) in [6.45, 7) is 5.74. The van der Waals surface area contributed by atoms with E-state index >= 15 is 0 Å². The lowest BCUT2D eigenvalue weighted by Gasteiger charge is -2.19. The summed E-state index contributed by atoms with van der Waals surface area (Å²) in [5, 5.41) is 5.24. The van der Waals surface area contributed by atoms with Crippen molar-refractivity contribution in [2.75, 3.05) is 23.8 Å². The molecule has 1 N–H and O–H groups in total. The highest BCUT2D eigenvalue weighted by Gasteiger charge is 2.10. The second kappa shape index (κ2) is 6.34. The minimum atomic E-state index is 0.683. The Labute approximate surface area is 126 Å². The minimum Gasteiger partial charge on any atom is -0.354 e. The van der Waals surface area contributed by atoms with Gasteiger partial charge in [0.2, 0.25) is 5.95 Å². The van der Waals surface area contributed by atoms with Crippen LogP contribution in [0.2, 0.25) is 0 Å². The molecule has 0 radical (unpaired) electrons. The number of nitrogens with one attached hydrogen (secondary N) is 1. The van der Waals surface area contributed by atoms with Crippen LogP contribution in [-0.4, -0.2) is 23.6 Å². The van der Waals surface area contributed by atoms with Crippen LogP contribution in [0.25, 0.3) is 0 Å². The number of nitrogens with zero attached hydrogens (tertiary/aromatic N) is 3. The van der Waals surface area contributed by atoms with Crippen LogP contribution in [0.4, 0.5) is 11.8 Å². The number of hydrogen-bond donors (Lipinski definition) is 1. The molecule has 0 aromatic carbocycles. The number of thiophene rings is 1. The molecule has 2 aromatic rings. The predicted octanol–water partition coefficient (Wildman–Crippen LogP) is 3.68. The first-order valence-corrected chi connectivity index (χ1v) is 7.79. The van der Waals surface area contributed by atoms with E-state index < -0.39 is 0 Å². The number of halogens is 1. The Morgan fingerprint density at radius 2 is 2.26 bits per heavy atom. The van der Waals surface area contributed by atoms with Crippen molar-refractivity contribution >= 4 is 39.0 Å². The van der Waals surface area contributed by atoms with Crippen molar-refractivity contribution in [3.63, 3.8) is 0 Å². The molecule has 0 spiro atoms. The number of aromatic nitrogens is 2. The zero-order valence-electron chi connectivity index (χ0n) is 11.3. The first kappa shape index (κ1) is 14.3. The van der Waals surface area contributed by atoms with Gasteiger partial charge < -0.3 is 10.2 Å². The largest absolute Gasteiger partial charge is 0.354 e. The molecular weight excluding hydrogens is 324 g/mol. The molecule has 2 heterocycles. The van der Waals surface area contributed by atoms with E-state index in [0.717, 1.165) is 28.9 Å². The van der Waals surface area contributed by atoms with Crippen molar-refractivity contribution in [3.8, 4) is 0 Å². The smallest absolute Gasteiger partial charge is 0.224 e. The van der Waals surface area contributed by atoms with Gasteiger partial charge in [0.05, 0.1) is 6.54 Å². The predicted molar refractivity (Wildman–Crippen MR) is 85.1 cm³/mol. The minimum absolute atomic E-state index is 0.683. The molecule has 0 aliphatic heterocycles. The third-order valence-corrected chi connectivity index (χ3v) is 4.34. The van der Waals surface area contributed by atoms with Gasteiger partial charge in [-0.15, -0.1) is 11.3 Å². The lowest BCUT2D eigenvalue weighted by atomic mass is 10.3. The number of aryl methyl sites for hydroxylation is 1. The normalized spacial score (nSPS) is 10.5. The van der Waals surface area contributed by atoms with Gasteiger partial charge >= 0.3 is 0 Å². The Morgan fingerprint density at radius 3 is 2.89 bits per heavy atom. The topological polar surface area (TPSA) is 41.1 Å². The van der Waals surface area contributed by atoms with Crippen molar-refractivity contribution in [2.24, 2.45) is 0 Å². The summed E-state index contributed by atoms with van der Waals surface area (Å²) < 4.78 is 1.13.